The van der Waals surface area contributed by atoms with Gasteiger partial charge in [-0.15, -0.1) is 5.11 Å². The van der Waals surface area contributed by atoms with Crippen LogP contribution in [0.3, 0.4) is 0 Å². The lowest BCUT2D eigenvalue weighted by atomic mass is 10.3. The van der Waals surface area contributed by atoms with Gasteiger partial charge in [0.2, 0.25) is 5.11 Å². The number of hydrogen-bond donors (Lipinski definition) is 2. The summed E-state index contributed by atoms with van der Waals surface area (Å²) in [4.78, 5) is 16.4. The second kappa shape index (κ2) is 6.77. The predicted molar refractivity (Wildman–Crippen MR) is 79.0 cm³/mol. The van der Waals surface area contributed by atoms with Gasteiger partial charge in [0, 0.05) is 0 Å². The molecule has 21 heavy (non-hydrogen) atoms. The fraction of sp³-hybridized carbons (Fsp3) is 0.167. The number of hydrogen-bond acceptors (Lipinski definition) is 7. The lowest BCUT2D eigenvalue weighted by molar-refractivity contribution is -0.140. The molecule has 0 bridgehead atoms. The fourth-order valence-corrected chi connectivity index (χ4v) is 1.63. The number of anilines is 1. The smallest absolute Gasteiger partial charge is 0.378 e. The number of nitrogens with one attached hydrogen (secondary N) is 1. The van der Waals surface area contributed by atoms with Crippen LogP contribution in [0.1, 0.15) is 6.92 Å². The number of hydrazine groups is 1. The summed E-state index contributed by atoms with van der Waals surface area (Å²) in [7, 11) is 0. The molecule has 0 aromatic heterocycles. The Hall–Kier alpha value is -2.52. The molecular formula is C12H13N5O3S. The molecule has 0 radical (unpaired) electrons. The highest BCUT2D eigenvalue weighted by Gasteiger charge is 2.29. The maximum atomic E-state index is 11.6. The van der Waals surface area contributed by atoms with E-state index in [0.29, 0.717) is 12.3 Å². The standard InChI is InChI=1S/C12H13N5O3S/c1-2-19-9-5-3-8(4-6-9)17-10(11(18)20-16-17)7-14-15-12(13)21/h3-7,16H,2H2,1H3,(H2,13,21)/b10-7-,15-14?. The molecule has 9 heteroatoms. The number of nitrogens with two attached hydrogens (primary N) is 1. The average molecular weight is 307 g/mol. The Morgan fingerprint density at radius 2 is 2.24 bits per heavy atom. The van der Waals surface area contributed by atoms with E-state index < -0.39 is 5.97 Å². The Balaban J connectivity index is 2.20. The third kappa shape index (κ3) is 3.74. The van der Waals surface area contributed by atoms with Crippen LogP contribution in [0.2, 0.25) is 0 Å². The molecule has 0 atom stereocenters. The lowest BCUT2D eigenvalue weighted by Crippen LogP contribution is -2.28. The third-order valence-corrected chi connectivity index (χ3v) is 2.50. The molecule has 3 N–H and O–H groups in total. The molecule has 1 heterocycles. The summed E-state index contributed by atoms with van der Waals surface area (Å²) in [6, 6.07) is 7.08. The van der Waals surface area contributed by atoms with Gasteiger partial charge in [-0.1, -0.05) is 5.59 Å². The van der Waals surface area contributed by atoms with Crippen molar-refractivity contribution in [3.8, 4) is 5.75 Å². The summed E-state index contributed by atoms with van der Waals surface area (Å²) in [5.41, 5.74) is 8.48. The topological polar surface area (TPSA) is 102 Å². The van der Waals surface area contributed by atoms with Crippen molar-refractivity contribution in [1.82, 2.24) is 5.59 Å². The molecule has 1 fully saturated rings. The van der Waals surface area contributed by atoms with E-state index in [4.69, 9.17) is 15.3 Å². The van der Waals surface area contributed by atoms with Gasteiger partial charge in [0.25, 0.3) is 0 Å². The predicted octanol–water partition coefficient (Wildman–Crippen LogP) is 1.41. The van der Waals surface area contributed by atoms with Crippen molar-refractivity contribution in [3.05, 3.63) is 36.2 Å². The fourth-order valence-electron chi connectivity index (χ4n) is 1.58. The Morgan fingerprint density at radius 1 is 1.52 bits per heavy atom. The molecule has 110 valence electrons. The normalized spacial score (nSPS) is 16.5. The van der Waals surface area contributed by atoms with Crippen LogP contribution < -0.4 is 21.1 Å². The SMILES string of the molecule is CCOc1ccc(N2NOC(=O)/C2=C/N=NC(N)=S)cc1. The maximum absolute atomic E-state index is 11.6. The summed E-state index contributed by atoms with van der Waals surface area (Å²) in [6.07, 6.45) is 1.21. The Morgan fingerprint density at radius 3 is 2.86 bits per heavy atom. The summed E-state index contributed by atoms with van der Waals surface area (Å²) >= 11 is 4.56. The third-order valence-electron chi connectivity index (χ3n) is 2.42. The van der Waals surface area contributed by atoms with Gasteiger partial charge < -0.3 is 15.3 Å². The van der Waals surface area contributed by atoms with Gasteiger partial charge in [-0.25, -0.2) is 9.80 Å². The van der Waals surface area contributed by atoms with Gasteiger partial charge in [0.15, 0.2) is 5.70 Å². The molecule has 1 saturated heterocycles. The molecule has 0 spiro atoms. The molecule has 1 aromatic rings. The van der Waals surface area contributed by atoms with Crippen LogP contribution in [0.15, 0.2) is 46.4 Å². The monoisotopic (exact) mass is 307 g/mol. The van der Waals surface area contributed by atoms with E-state index in [0.717, 1.165) is 5.75 Å². The molecule has 0 aliphatic carbocycles. The first-order valence-electron chi connectivity index (χ1n) is 6.02. The maximum Gasteiger partial charge on any atom is 0.378 e. The molecule has 0 amide bonds. The molecule has 0 saturated carbocycles. The van der Waals surface area contributed by atoms with Crippen molar-refractivity contribution in [2.75, 3.05) is 11.6 Å². The van der Waals surface area contributed by atoms with Crippen LogP contribution in [-0.4, -0.2) is 17.7 Å². The van der Waals surface area contributed by atoms with E-state index in [1.54, 1.807) is 24.3 Å². The Kier molecular flexibility index (Phi) is 4.80. The minimum atomic E-state index is -0.592. The Bertz CT molecular complexity index is 599. The minimum absolute atomic E-state index is 0.126. The van der Waals surface area contributed by atoms with E-state index in [1.165, 1.54) is 11.2 Å². The van der Waals surface area contributed by atoms with E-state index in [9.17, 15) is 4.79 Å². The number of carbonyl (C=O) groups excluding carboxylic acids is 1. The molecule has 1 aromatic carbocycles. The molecule has 8 nitrogen and oxygen atoms in total. The van der Waals surface area contributed by atoms with Gasteiger partial charge in [-0.2, -0.15) is 5.11 Å². The van der Waals surface area contributed by atoms with Gasteiger partial charge in [0.05, 0.1) is 18.5 Å². The zero-order valence-electron chi connectivity index (χ0n) is 11.1. The highest BCUT2D eigenvalue weighted by atomic mass is 32.1. The van der Waals surface area contributed by atoms with Crippen LogP contribution in [0.5, 0.6) is 5.75 Å². The van der Waals surface area contributed by atoms with Crippen molar-refractivity contribution in [1.29, 1.82) is 0 Å². The second-order valence-corrected chi connectivity index (χ2v) is 4.23. The van der Waals surface area contributed by atoms with E-state index in [2.05, 4.69) is 28.0 Å². The van der Waals surface area contributed by atoms with E-state index in [1.807, 2.05) is 6.92 Å². The number of azo groups is 1. The van der Waals surface area contributed by atoms with E-state index >= 15 is 0 Å². The summed E-state index contributed by atoms with van der Waals surface area (Å²) in [5.74, 6) is 0.136. The number of nitrogens with zero attached hydrogens (tertiary/aromatic N) is 3. The van der Waals surface area contributed by atoms with E-state index in [-0.39, 0.29) is 10.8 Å². The summed E-state index contributed by atoms with van der Waals surface area (Å²) < 4.78 is 5.35. The number of benzene rings is 1. The first kappa shape index (κ1) is 14.9. The second-order valence-electron chi connectivity index (χ2n) is 3.81. The highest BCUT2D eigenvalue weighted by Crippen LogP contribution is 2.24. The zero-order valence-corrected chi connectivity index (χ0v) is 12.0. The lowest BCUT2D eigenvalue weighted by Gasteiger charge is -2.15. The van der Waals surface area contributed by atoms with Gasteiger partial charge in [0.1, 0.15) is 5.75 Å². The van der Waals surface area contributed by atoms with Gasteiger partial charge in [-0.05, 0) is 43.4 Å². The summed E-state index contributed by atoms with van der Waals surface area (Å²) in [6.45, 7) is 2.48. The molecule has 1 aliphatic heterocycles. The quantitative estimate of drug-likeness (QED) is 0.492. The zero-order chi connectivity index (χ0) is 15.2. The van der Waals surface area contributed by atoms with Crippen LogP contribution in [0.25, 0.3) is 0 Å². The van der Waals surface area contributed by atoms with Gasteiger partial charge in [-0.3, -0.25) is 0 Å². The molecule has 1 aliphatic rings. The summed E-state index contributed by atoms with van der Waals surface area (Å²) in [5, 5.41) is 8.37. The molecule has 0 unspecified atom stereocenters. The van der Waals surface area contributed by atoms with Crippen LogP contribution in [0, 0.1) is 0 Å². The number of carbonyl (C=O) groups is 1. The molecular weight excluding hydrogens is 294 g/mol. The first-order valence-corrected chi connectivity index (χ1v) is 6.43. The van der Waals surface area contributed by atoms with Crippen LogP contribution >= 0.6 is 12.2 Å². The largest absolute Gasteiger partial charge is 0.494 e. The number of rotatable bonds is 4. The van der Waals surface area contributed by atoms with Crippen LogP contribution in [0.4, 0.5) is 5.69 Å². The number of ether oxygens (including phenoxy) is 1. The number of thiocarbonyl (C=S) groups is 1. The van der Waals surface area contributed by atoms with Crippen molar-refractivity contribution in [3.63, 3.8) is 0 Å². The van der Waals surface area contributed by atoms with Crippen molar-refractivity contribution < 1.29 is 14.4 Å². The molecule has 2 rings (SSSR count). The first-order chi connectivity index (χ1) is 10.1. The highest BCUT2D eigenvalue weighted by molar-refractivity contribution is 7.80. The van der Waals surface area contributed by atoms with Crippen LogP contribution in [-0.2, 0) is 9.63 Å². The average Bonchev–Trinajstić information content (AvgIpc) is 2.81. The van der Waals surface area contributed by atoms with Crippen molar-refractivity contribution in [2.45, 2.75) is 6.92 Å². The van der Waals surface area contributed by atoms with Gasteiger partial charge >= 0.3 is 5.97 Å². The minimum Gasteiger partial charge on any atom is -0.494 e. The Labute approximate surface area is 126 Å². The van der Waals surface area contributed by atoms with Crippen molar-refractivity contribution in [2.24, 2.45) is 16.0 Å². The van der Waals surface area contributed by atoms with Crippen molar-refractivity contribution >= 4 is 29.0 Å².